The predicted octanol–water partition coefficient (Wildman–Crippen LogP) is 3.80. The summed E-state index contributed by atoms with van der Waals surface area (Å²) in [4.78, 5) is 2.44. The van der Waals surface area contributed by atoms with Crippen LogP contribution in [-0.2, 0) is 6.54 Å². The standard InChI is InChI=1S/C15H24BrFN2/c1-11(2)19(12(3)4)9-8-18-10-13-6-5-7-14(17)15(13)16/h5-7,11-12,18H,8-10H2,1-4H3. The fourth-order valence-electron chi connectivity index (χ4n) is 2.23. The van der Waals surface area contributed by atoms with Gasteiger partial charge in [0.25, 0.3) is 0 Å². The predicted molar refractivity (Wildman–Crippen MR) is 82.8 cm³/mol. The molecule has 0 fully saturated rings. The first-order chi connectivity index (χ1) is 8.93. The van der Waals surface area contributed by atoms with Crippen LogP contribution in [0.2, 0.25) is 0 Å². The second kappa shape index (κ2) is 7.98. The van der Waals surface area contributed by atoms with Crippen LogP contribution in [0.4, 0.5) is 4.39 Å². The van der Waals surface area contributed by atoms with Gasteiger partial charge in [-0.2, -0.15) is 0 Å². The SMILES string of the molecule is CC(C)N(CCNCc1cccc(F)c1Br)C(C)C. The largest absolute Gasteiger partial charge is 0.311 e. The van der Waals surface area contributed by atoms with Gasteiger partial charge in [0, 0.05) is 31.7 Å². The molecule has 2 nitrogen and oxygen atoms in total. The van der Waals surface area contributed by atoms with Crippen molar-refractivity contribution in [1.29, 1.82) is 0 Å². The van der Waals surface area contributed by atoms with Gasteiger partial charge in [-0.1, -0.05) is 12.1 Å². The van der Waals surface area contributed by atoms with Crippen LogP contribution in [0.15, 0.2) is 22.7 Å². The molecule has 1 N–H and O–H groups in total. The van der Waals surface area contributed by atoms with E-state index in [1.807, 2.05) is 6.07 Å². The monoisotopic (exact) mass is 330 g/mol. The minimum absolute atomic E-state index is 0.203. The van der Waals surface area contributed by atoms with Crippen molar-refractivity contribution in [3.63, 3.8) is 0 Å². The van der Waals surface area contributed by atoms with Gasteiger partial charge in [-0.25, -0.2) is 4.39 Å². The lowest BCUT2D eigenvalue weighted by Crippen LogP contribution is -2.41. The molecule has 4 heteroatoms. The van der Waals surface area contributed by atoms with Crippen molar-refractivity contribution in [2.45, 2.75) is 46.3 Å². The Balaban J connectivity index is 2.40. The minimum Gasteiger partial charge on any atom is -0.311 e. The quantitative estimate of drug-likeness (QED) is 0.765. The minimum atomic E-state index is -0.203. The molecular formula is C15H24BrFN2. The van der Waals surface area contributed by atoms with E-state index in [0.29, 0.717) is 23.1 Å². The van der Waals surface area contributed by atoms with Crippen molar-refractivity contribution in [1.82, 2.24) is 10.2 Å². The second-order valence-corrected chi connectivity index (χ2v) is 6.11. The summed E-state index contributed by atoms with van der Waals surface area (Å²) in [6, 6.07) is 6.23. The lowest BCUT2D eigenvalue weighted by molar-refractivity contribution is 0.176. The number of nitrogens with one attached hydrogen (secondary N) is 1. The van der Waals surface area contributed by atoms with Crippen molar-refractivity contribution in [3.8, 4) is 0 Å². The van der Waals surface area contributed by atoms with Crippen LogP contribution >= 0.6 is 15.9 Å². The summed E-state index contributed by atoms with van der Waals surface area (Å²) in [5.41, 5.74) is 0.959. The number of hydrogen-bond donors (Lipinski definition) is 1. The molecule has 0 saturated heterocycles. The molecule has 0 aliphatic rings. The van der Waals surface area contributed by atoms with Crippen molar-refractivity contribution in [2.24, 2.45) is 0 Å². The molecule has 0 aliphatic carbocycles. The van der Waals surface area contributed by atoms with E-state index in [0.717, 1.165) is 18.7 Å². The third-order valence-electron chi connectivity index (χ3n) is 3.22. The van der Waals surface area contributed by atoms with Gasteiger partial charge in [0.2, 0.25) is 0 Å². The molecule has 0 heterocycles. The van der Waals surface area contributed by atoms with E-state index in [-0.39, 0.29) is 5.82 Å². The Bertz CT molecular complexity index is 386. The highest BCUT2D eigenvalue weighted by Gasteiger charge is 2.12. The van der Waals surface area contributed by atoms with Gasteiger partial charge < -0.3 is 5.32 Å². The fraction of sp³-hybridized carbons (Fsp3) is 0.600. The number of hydrogen-bond acceptors (Lipinski definition) is 2. The fourth-order valence-corrected chi connectivity index (χ4v) is 2.63. The highest BCUT2D eigenvalue weighted by molar-refractivity contribution is 9.10. The van der Waals surface area contributed by atoms with E-state index in [1.54, 1.807) is 6.07 Å². The summed E-state index contributed by atoms with van der Waals surface area (Å²) >= 11 is 3.28. The lowest BCUT2D eigenvalue weighted by Gasteiger charge is -2.30. The average molecular weight is 331 g/mol. The molecular weight excluding hydrogens is 307 g/mol. The van der Waals surface area contributed by atoms with E-state index < -0.39 is 0 Å². The number of rotatable bonds is 7. The maximum absolute atomic E-state index is 13.3. The van der Waals surface area contributed by atoms with Crippen molar-refractivity contribution in [2.75, 3.05) is 13.1 Å². The van der Waals surface area contributed by atoms with E-state index in [4.69, 9.17) is 0 Å². The zero-order valence-electron chi connectivity index (χ0n) is 12.2. The van der Waals surface area contributed by atoms with E-state index in [9.17, 15) is 4.39 Å². The molecule has 0 aliphatic heterocycles. The van der Waals surface area contributed by atoms with E-state index >= 15 is 0 Å². The molecule has 0 aromatic heterocycles. The van der Waals surface area contributed by atoms with E-state index in [1.165, 1.54) is 6.07 Å². The zero-order valence-corrected chi connectivity index (χ0v) is 13.8. The molecule has 0 bridgehead atoms. The Labute approximate surface area is 124 Å². The lowest BCUT2D eigenvalue weighted by atomic mass is 10.2. The zero-order chi connectivity index (χ0) is 14.4. The summed E-state index contributed by atoms with van der Waals surface area (Å²) in [5, 5.41) is 3.37. The normalized spacial score (nSPS) is 11.8. The van der Waals surface area contributed by atoms with Crippen LogP contribution in [0.3, 0.4) is 0 Å². The molecule has 0 spiro atoms. The third kappa shape index (κ3) is 5.21. The summed E-state index contributed by atoms with van der Waals surface area (Å²) in [6.07, 6.45) is 0. The van der Waals surface area contributed by atoms with Crippen LogP contribution in [0.5, 0.6) is 0 Å². The molecule has 0 amide bonds. The average Bonchev–Trinajstić information content (AvgIpc) is 2.33. The Morgan fingerprint density at radius 1 is 1.21 bits per heavy atom. The van der Waals surface area contributed by atoms with Crippen LogP contribution in [0.25, 0.3) is 0 Å². The van der Waals surface area contributed by atoms with Crippen LogP contribution in [-0.4, -0.2) is 30.1 Å². The number of nitrogens with zero attached hydrogens (tertiary/aromatic N) is 1. The first kappa shape index (κ1) is 16.6. The topological polar surface area (TPSA) is 15.3 Å². The van der Waals surface area contributed by atoms with Gasteiger partial charge in [-0.15, -0.1) is 0 Å². The van der Waals surface area contributed by atoms with Gasteiger partial charge in [-0.05, 0) is 55.3 Å². The molecule has 0 unspecified atom stereocenters. The molecule has 0 saturated carbocycles. The van der Waals surface area contributed by atoms with Crippen molar-refractivity contribution < 1.29 is 4.39 Å². The number of halogens is 2. The maximum atomic E-state index is 13.3. The third-order valence-corrected chi connectivity index (χ3v) is 4.11. The highest BCUT2D eigenvalue weighted by atomic mass is 79.9. The first-order valence-corrected chi connectivity index (χ1v) is 7.62. The van der Waals surface area contributed by atoms with E-state index in [2.05, 4.69) is 53.8 Å². The van der Waals surface area contributed by atoms with Crippen LogP contribution in [0, 0.1) is 5.82 Å². The van der Waals surface area contributed by atoms with Gasteiger partial charge in [0.15, 0.2) is 0 Å². The molecule has 0 radical (unpaired) electrons. The summed E-state index contributed by atoms with van der Waals surface area (Å²) < 4.78 is 13.9. The van der Waals surface area contributed by atoms with Crippen LogP contribution in [0.1, 0.15) is 33.3 Å². The molecule has 0 atom stereocenters. The van der Waals surface area contributed by atoms with Crippen molar-refractivity contribution in [3.05, 3.63) is 34.1 Å². The first-order valence-electron chi connectivity index (χ1n) is 6.82. The number of benzene rings is 1. The molecule has 1 aromatic carbocycles. The summed E-state index contributed by atoms with van der Waals surface area (Å²) in [7, 11) is 0. The second-order valence-electron chi connectivity index (χ2n) is 5.32. The maximum Gasteiger partial charge on any atom is 0.137 e. The molecule has 1 rings (SSSR count). The smallest absolute Gasteiger partial charge is 0.137 e. The molecule has 1 aromatic rings. The summed E-state index contributed by atoms with van der Waals surface area (Å²) in [6.45, 7) is 11.4. The van der Waals surface area contributed by atoms with Gasteiger partial charge in [0.1, 0.15) is 5.82 Å². The van der Waals surface area contributed by atoms with Gasteiger partial charge in [0.05, 0.1) is 4.47 Å². The summed E-state index contributed by atoms with van der Waals surface area (Å²) in [5.74, 6) is -0.203. The van der Waals surface area contributed by atoms with Crippen LogP contribution < -0.4 is 5.32 Å². The Hall–Kier alpha value is -0.450. The highest BCUT2D eigenvalue weighted by Crippen LogP contribution is 2.19. The molecule has 108 valence electrons. The molecule has 19 heavy (non-hydrogen) atoms. The Morgan fingerprint density at radius 3 is 2.42 bits per heavy atom. The van der Waals surface area contributed by atoms with Crippen molar-refractivity contribution >= 4 is 15.9 Å². The Morgan fingerprint density at radius 2 is 1.84 bits per heavy atom. The Kier molecular flexibility index (Phi) is 6.97. The van der Waals surface area contributed by atoms with Gasteiger partial charge >= 0.3 is 0 Å². The van der Waals surface area contributed by atoms with Gasteiger partial charge in [-0.3, -0.25) is 4.90 Å².